The van der Waals surface area contributed by atoms with Gasteiger partial charge in [0.05, 0.1) is 0 Å². The molecule has 4 nitrogen and oxygen atoms in total. The average molecular weight is 227 g/mol. The lowest BCUT2D eigenvalue weighted by Gasteiger charge is -2.14. The van der Waals surface area contributed by atoms with Gasteiger partial charge >= 0.3 is 4.87 Å². The largest absolute Gasteiger partial charge is 0.315 e. The summed E-state index contributed by atoms with van der Waals surface area (Å²) in [6.07, 6.45) is 1.21. The van der Waals surface area contributed by atoms with Gasteiger partial charge in [-0.1, -0.05) is 18.3 Å². The summed E-state index contributed by atoms with van der Waals surface area (Å²) in [5.74, 6) is 0. The van der Waals surface area contributed by atoms with E-state index in [-0.39, 0.29) is 4.87 Å². The Bertz CT molecular complexity index is 360. The van der Waals surface area contributed by atoms with E-state index in [1.807, 2.05) is 5.38 Å². The number of hydrogen-bond donors (Lipinski definition) is 2. The summed E-state index contributed by atoms with van der Waals surface area (Å²) in [7, 11) is 0. The maximum absolute atomic E-state index is 11.0. The fourth-order valence-electron chi connectivity index (χ4n) is 2.06. The molecule has 0 aromatic carbocycles. The first-order chi connectivity index (χ1) is 7.28. The number of aromatic amines is 1. The molecular formula is C10H17N3OS. The molecule has 1 aliphatic heterocycles. The van der Waals surface area contributed by atoms with E-state index in [1.165, 1.54) is 17.8 Å². The van der Waals surface area contributed by atoms with Crippen LogP contribution in [-0.4, -0.2) is 35.6 Å². The zero-order valence-corrected chi connectivity index (χ0v) is 9.77. The molecule has 1 aromatic heterocycles. The molecule has 2 N–H and O–H groups in total. The molecule has 1 fully saturated rings. The molecule has 15 heavy (non-hydrogen) atoms. The molecule has 1 saturated heterocycles. The Hall–Kier alpha value is -0.650. The minimum atomic E-state index is 0.0485. The van der Waals surface area contributed by atoms with E-state index in [1.54, 1.807) is 0 Å². The van der Waals surface area contributed by atoms with E-state index < -0.39 is 0 Å². The van der Waals surface area contributed by atoms with Gasteiger partial charge in [-0.15, -0.1) is 0 Å². The Labute approximate surface area is 93.3 Å². The van der Waals surface area contributed by atoms with Crippen LogP contribution >= 0.6 is 11.3 Å². The quantitative estimate of drug-likeness (QED) is 0.793. The third-order valence-corrected chi connectivity index (χ3v) is 3.45. The highest BCUT2D eigenvalue weighted by Gasteiger charge is 2.21. The number of nitrogens with zero attached hydrogens (tertiary/aromatic N) is 1. The molecule has 84 valence electrons. The van der Waals surface area contributed by atoms with Gasteiger partial charge < -0.3 is 10.3 Å². The summed E-state index contributed by atoms with van der Waals surface area (Å²) >= 11 is 1.25. The molecular weight excluding hydrogens is 210 g/mol. The minimum absolute atomic E-state index is 0.0485. The van der Waals surface area contributed by atoms with Crippen LogP contribution < -0.4 is 10.2 Å². The highest BCUT2D eigenvalue weighted by molar-refractivity contribution is 7.07. The van der Waals surface area contributed by atoms with Crippen LogP contribution in [0.4, 0.5) is 0 Å². The van der Waals surface area contributed by atoms with Crippen LogP contribution in [0, 0.1) is 0 Å². The molecule has 1 unspecified atom stereocenters. The van der Waals surface area contributed by atoms with E-state index in [0.29, 0.717) is 6.04 Å². The van der Waals surface area contributed by atoms with Crippen molar-refractivity contribution in [2.75, 3.05) is 19.6 Å². The van der Waals surface area contributed by atoms with Gasteiger partial charge in [-0.05, 0) is 13.0 Å². The van der Waals surface area contributed by atoms with Gasteiger partial charge in [0, 0.05) is 36.8 Å². The molecule has 2 rings (SSSR count). The number of nitrogens with one attached hydrogen (secondary N) is 2. The van der Waals surface area contributed by atoms with Crippen LogP contribution in [-0.2, 0) is 6.54 Å². The van der Waals surface area contributed by atoms with Crippen molar-refractivity contribution in [2.45, 2.75) is 25.9 Å². The second-order valence-corrected chi connectivity index (χ2v) is 4.79. The van der Waals surface area contributed by atoms with Crippen LogP contribution in [0.5, 0.6) is 0 Å². The standard InChI is InChI=1S/C10H17N3OS/c1-2-11-8-3-4-13(5-8)6-9-7-15-10(14)12-9/h7-8,11H,2-6H2,1H3,(H,12,14). The number of rotatable bonds is 4. The molecule has 1 aliphatic rings. The van der Waals surface area contributed by atoms with Gasteiger partial charge in [0.25, 0.3) is 0 Å². The van der Waals surface area contributed by atoms with E-state index >= 15 is 0 Å². The highest BCUT2D eigenvalue weighted by atomic mass is 32.1. The highest BCUT2D eigenvalue weighted by Crippen LogP contribution is 2.12. The zero-order valence-electron chi connectivity index (χ0n) is 8.95. The average Bonchev–Trinajstić information content (AvgIpc) is 2.78. The van der Waals surface area contributed by atoms with Crippen molar-refractivity contribution in [1.29, 1.82) is 0 Å². The summed E-state index contributed by atoms with van der Waals surface area (Å²) in [6, 6.07) is 0.625. The predicted molar refractivity (Wildman–Crippen MR) is 62.3 cm³/mol. The Kier molecular flexibility index (Phi) is 3.56. The molecule has 0 radical (unpaired) electrons. The van der Waals surface area contributed by atoms with Crippen molar-refractivity contribution in [1.82, 2.24) is 15.2 Å². The van der Waals surface area contributed by atoms with Crippen molar-refractivity contribution in [3.8, 4) is 0 Å². The topological polar surface area (TPSA) is 48.1 Å². The molecule has 5 heteroatoms. The third kappa shape index (κ3) is 2.90. The number of hydrogen-bond acceptors (Lipinski definition) is 4. The van der Waals surface area contributed by atoms with E-state index in [4.69, 9.17) is 0 Å². The fraction of sp³-hybridized carbons (Fsp3) is 0.700. The van der Waals surface area contributed by atoms with Crippen molar-refractivity contribution in [3.63, 3.8) is 0 Å². The Morgan fingerprint density at radius 3 is 3.27 bits per heavy atom. The number of aromatic nitrogens is 1. The van der Waals surface area contributed by atoms with Gasteiger partial charge in [-0.2, -0.15) is 0 Å². The van der Waals surface area contributed by atoms with Gasteiger partial charge in [-0.3, -0.25) is 9.69 Å². The van der Waals surface area contributed by atoms with Crippen molar-refractivity contribution in [2.24, 2.45) is 0 Å². The van der Waals surface area contributed by atoms with Crippen LogP contribution in [0.2, 0.25) is 0 Å². The summed E-state index contributed by atoms with van der Waals surface area (Å²) in [5.41, 5.74) is 1.04. The zero-order chi connectivity index (χ0) is 10.7. The first-order valence-corrected chi connectivity index (χ1v) is 6.28. The molecule has 0 saturated carbocycles. The molecule has 0 amide bonds. The van der Waals surface area contributed by atoms with Crippen molar-refractivity contribution >= 4 is 11.3 Å². The molecule has 2 heterocycles. The van der Waals surface area contributed by atoms with Crippen LogP contribution in [0.1, 0.15) is 19.0 Å². The second-order valence-electron chi connectivity index (χ2n) is 3.95. The number of likely N-dealkylation sites (tertiary alicyclic amines) is 1. The Morgan fingerprint density at radius 2 is 2.60 bits per heavy atom. The third-order valence-electron chi connectivity index (χ3n) is 2.73. The lowest BCUT2D eigenvalue weighted by molar-refractivity contribution is 0.317. The smallest absolute Gasteiger partial charge is 0.304 e. The minimum Gasteiger partial charge on any atom is -0.315 e. The van der Waals surface area contributed by atoms with Crippen LogP contribution in [0.3, 0.4) is 0 Å². The van der Waals surface area contributed by atoms with E-state index in [2.05, 4.69) is 22.1 Å². The van der Waals surface area contributed by atoms with Crippen molar-refractivity contribution < 1.29 is 0 Å². The molecule has 1 atom stereocenters. The Balaban J connectivity index is 1.84. The van der Waals surface area contributed by atoms with E-state index in [9.17, 15) is 4.79 Å². The maximum atomic E-state index is 11.0. The van der Waals surface area contributed by atoms with Crippen LogP contribution in [0.15, 0.2) is 10.2 Å². The van der Waals surface area contributed by atoms with Gasteiger partial charge in [0.2, 0.25) is 0 Å². The second kappa shape index (κ2) is 4.92. The fourth-order valence-corrected chi connectivity index (χ4v) is 2.64. The molecule has 0 spiro atoms. The first-order valence-electron chi connectivity index (χ1n) is 5.40. The number of H-pyrrole nitrogens is 1. The van der Waals surface area contributed by atoms with Crippen LogP contribution in [0.25, 0.3) is 0 Å². The maximum Gasteiger partial charge on any atom is 0.304 e. The predicted octanol–water partition coefficient (Wildman–Crippen LogP) is 0.620. The van der Waals surface area contributed by atoms with Gasteiger partial charge in [-0.25, -0.2) is 0 Å². The van der Waals surface area contributed by atoms with Gasteiger partial charge in [0.15, 0.2) is 0 Å². The molecule has 1 aromatic rings. The number of thiazole rings is 1. The number of likely N-dealkylation sites (N-methyl/N-ethyl adjacent to an activating group) is 1. The first kappa shape index (κ1) is 10.9. The van der Waals surface area contributed by atoms with Crippen molar-refractivity contribution in [3.05, 3.63) is 20.7 Å². The monoisotopic (exact) mass is 227 g/mol. The normalized spacial score (nSPS) is 22.3. The summed E-state index contributed by atoms with van der Waals surface area (Å²) in [6.45, 7) is 6.26. The Morgan fingerprint density at radius 1 is 1.73 bits per heavy atom. The lowest BCUT2D eigenvalue weighted by Crippen LogP contribution is -2.32. The summed E-state index contributed by atoms with van der Waals surface area (Å²) in [5, 5.41) is 5.37. The van der Waals surface area contributed by atoms with E-state index in [0.717, 1.165) is 31.9 Å². The summed E-state index contributed by atoms with van der Waals surface area (Å²) in [4.78, 5) is 16.2. The molecule has 0 aliphatic carbocycles. The SMILES string of the molecule is CCNC1CCN(Cc2csc(=O)[nH]2)C1. The summed E-state index contributed by atoms with van der Waals surface area (Å²) < 4.78 is 0. The molecule has 0 bridgehead atoms. The van der Waals surface area contributed by atoms with Gasteiger partial charge in [0.1, 0.15) is 0 Å². The lowest BCUT2D eigenvalue weighted by atomic mass is 10.3.